The molecule has 1 N–H and O–H groups in total. The highest BCUT2D eigenvalue weighted by molar-refractivity contribution is 7.88. The van der Waals surface area contributed by atoms with Crippen LogP contribution in [-0.4, -0.2) is 50.1 Å². The number of carbonyl (C=O) groups excluding carboxylic acids is 1. The van der Waals surface area contributed by atoms with Crippen LogP contribution >= 0.6 is 0 Å². The minimum absolute atomic E-state index is 0.0542. The molecule has 0 aliphatic carbocycles. The van der Waals surface area contributed by atoms with Gasteiger partial charge in [0.05, 0.1) is 12.5 Å². The number of piperidine rings is 1. The summed E-state index contributed by atoms with van der Waals surface area (Å²) >= 11 is 0. The van der Waals surface area contributed by atoms with Crippen molar-refractivity contribution in [3.63, 3.8) is 0 Å². The van der Waals surface area contributed by atoms with Crippen molar-refractivity contribution in [3.8, 4) is 11.3 Å². The van der Waals surface area contributed by atoms with Gasteiger partial charge >= 0.3 is 0 Å². The Bertz CT molecular complexity index is 864. The van der Waals surface area contributed by atoms with Crippen LogP contribution in [0.15, 0.2) is 40.9 Å². The van der Waals surface area contributed by atoms with E-state index in [4.69, 9.17) is 4.42 Å². The quantitative estimate of drug-likeness (QED) is 0.780. The lowest BCUT2D eigenvalue weighted by Gasteiger charge is -2.32. The first-order chi connectivity index (χ1) is 12.9. The fraction of sp³-hybridized carbons (Fsp3) is 0.474. The molecule has 1 amide bonds. The highest BCUT2D eigenvalue weighted by atomic mass is 32.2. The zero-order valence-electron chi connectivity index (χ0n) is 15.4. The molecular weight excluding hydrogens is 366 g/mol. The van der Waals surface area contributed by atoms with E-state index < -0.39 is 10.0 Å². The molecule has 1 aliphatic heterocycles. The van der Waals surface area contributed by atoms with E-state index >= 15 is 0 Å². The molecule has 1 fully saturated rings. The number of sulfonamides is 1. The minimum atomic E-state index is -3.20. The first-order valence-electron chi connectivity index (χ1n) is 9.13. The van der Waals surface area contributed by atoms with E-state index in [0.717, 1.165) is 31.2 Å². The van der Waals surface area contributed by atoms with Gasteiger partial charge in [0.25, 0.3) is 0 Å². The van der Waals surface area contributed by atoms with Gasteiger partial charge in [-0.1, -0.05) is 30.3 Å². The van der Waals surface area contributed by atoms with Crippen LogP contribution in [0.4, 0.5) is 0 Å². The average molecular weight is 391 g/mol. The van der Waals surface area contributed by atoms with Crippen LogP contribution in [0.3, 0.4) is 0 Å². The van der Waals surface area contributed by atoms with Crippen molar-refractivity contribution >= 4 is 15.9 Å². The van der Waals surface area contributed by atoms with Crippen molar-refractivity contribution in [2.75, 3.05) is 25.9 Å². The molecule has 3 rings (SSSR count). The Balaban J connectivity index is 1.50. The van der Waals surface area contributed by atoms with Crippen molar-refractivity contribution in [3.05, 3.63) is 42.4 Å². The van der Waals surface area contributed by atoms with Gasteiger partial charge in [0.2, 0.25) is 15.9 Å². The van der Waals surface area contributed by atoms with Gasteiger partial charge in [0.1, 0.15) is 0 Å². The summed E-state index contributed by atoms with van der Waals surface area (Å²) < 4.78 is 30.8. The van der Waals surface area contributed by atoms with E-state index in [1.807, 2.05) is 35.2 Å². The molecule has 2 heterocycles. The van der Waals surface area contributed by atoms with Crippen molar-refractivity contribution < 1.29 is 17.6 Å². The van der Waals surface area contributed by atoms with E-state index in [2.05, 4.69) is 9.71 Å². The van der Waals surface area contributed by atoms with Crippen LogP contribution in [-0.2, 0) is 21.2 Å². The molecule has 1 saturated heterocycles. The van der Waals surface area contributed by atoms with Crippen LogP contribution in [0.2, 0.25) is 0 Å². The van der Waals surface area contributed by atoms with Crippen LogP contribution in [0.25, 0.3) is 11.3 Å². The minimum Gasteiger partial charge on any atom is -0.441 e. The molecule has 1 aliphatic rings. The number of aryl methyl sites for hydroxylation is 1. The molecule has 1 aromatic heterocycles. The summed E-state index contributed by atoms with van der Waals surface area (Å²) in [6, 6.07) is 9.72. The van der Waals surface area contributed by atoms with Gasteiger partial charge in [0.15, 0.2) is 11.7 Å². The number of nitrogens with one attached hydrogen (secondary N) is 1. The molecule has 1 atom stereocenters. The first kappa shape index (κ1) is 19.6. The van der Waals surface area contributed by atoms with Crippen molar-refractivity contribution in [2.45, 2.75) is 25.7 Å². The maximum atomic E-state index is 12.5. The van der Waals surface area contributed by atoms with Crippen molar-refractivity contribution in [1.82, 2.24) is 14.6 Å². The number of carbonyl (C=O) groups is 1. The number of oxazole rings is 1. The summed E-state index contributed by atoms with van der Waals surface area (Å²) in [4.78, 5) is 18.6. The van der Waals surface area contributed by atoms with E-state index in [-0.39, 0.29) is 11.8 Å². The Labute approximate surface area is 159 Å². The van der Waals surface area contributed by atoms with Crippen LogP contribution < -0.4 is 4.72 Å². The maximum absolute atomic E-state index is 12.5. The fourth-order valence-corrected chi connectivity index (χ4v) is 3.80. The SMILES string of the molecule is CS(=O)(=O)NCC1CCCN(C(=O)CCc2ncc(-c3ccccc3)o2)C1. The highest BCUT2D eigenvalue weighted by Crippen LogP contribution is 2.21. The van der Waals surface area contributed by atoms with Crippen LogP contribution in [0.5, 0.6) is 0 Å². The number of nitrogens with zero attached hydrogens (tertiary/aromatic N) is 2. The first-order valence-corrected chi connectivity index (χ1v) is 11.0. The Kier molecular flexibility index (Phi) is 6.28. The molecule has 0 bridgehead atoms. The second-order valence-corrected chi connectivity index (χ2v) is 8.79. The molecule has 0 radical (unpaired) electrons. The Morgan fingerprint density at radius 2 is 2.11 bits per heavy atom. The lowest BCUT2D eigenvalue weighted by atomic mass is 9.98. The molecular formula is C19H25N3O4S. The zero-order valence-corrected chi connectivity index (χ0v) is 16.2. The zero-order chi connectivity index (χ0) is 19.3. The number of hydrogen-bond donors (Lipinski definition) is 1. The molecule has 1 aromatic carbocycles. The molecule has 27 heavy (non-hydrogen) atoms. The molecule has 7 nitrogen and oxygen atoms in total. The van der Waals surface area contributed by atoms with E-state index in [1.165, 1.54) is 0 Å². The van der Waals surface area contributed by atoms with Crippen LogP contribution in [0, 0.1) is 5.92 Å². The van der Waals surface area contributed by atoms with Gasteiger partial charge in [-0.25, -0.2) is 18.1 Å². The predicted octanol–water partition coefficient (Wildman–Crippen LogP) is 2.06. The summed E-state index contributed by atoms with van der Waals surface area (Å²) in [6.07, 6.45) is 5.43. The largest absolute Gasteiger partial charge is 0.441 e. The normalized spacial score (nSPS) is 17.8. The third-order valence-corrected chi connectivity index (χ3v) is 5.36. The van der Waals surface area contributed by atoms with E-state index in [9.17, 15) is 13.2 Å². The molecule has 1 unspecified atom stereocenters. The number of benzene rings is 1. The van der Waals surface area contributed by atoms with Gasteiger partial charge in [-0.2, -0.15) is 0 Å². The lowest BCUT2D eigenvalue weighted by Crippen LogP contribution is -2.43. The molecule has 2 aromatic rings. The summed E-state index contributed by atoms with van der Waals surface area (Å²) in [5, 5.41) is 0. The summed E-state index contributed by atoms with van der Waals surface area (Å²) in [5.41, 5.74) is 0.958. The highest BCUT2D eigenvalue weighted by Gasteiger charge is 2.24. The fourth-order valence-electron chi connectivity index (χ4n) is 3.26. The summed E-state index contributed by atoms with van der Waals surface area (Å²) in [7, 11) is -3.20. The maximum Gasteiger partial charge on any atom is 0.223 e. The third-order valence-electron chi connectivity index (χ3n) is 4.67. The van der Waals surface area contributed by atoms with Gasteiger partial charge in [-0.3, -0.25) is 4.79 Å². The van der Waals surface area contributed by atoms with Gasteiger partial charge in [0, 0.05) is 38.0 Å². The van der Waals surface area contributed by atoms with E-state index in [0.29, 0.717) is 37.6 Å². The van der Waals surface area contributed by atoms with Gasteiger partial charge < -0.3 is 9.32 Å². The number of amides is 1. The molecule has 0 saturated carbocycles. The van der Waals surface area contributed by atoms with Crippen LogP contribution in [0.1, 0.15) is 25.2 Å². The standard InChI is InChI=1S/C19H25N3O4S/c1-27(24,25)21-12-15-6-5-11-22(14-15)19(23)10-9-18-20-13-17(26-18)16-7-3-2-4-8-16/h2-4,7-8,13,15,21H,5-6,9-12,14H2,1H3. The summed E-state index contributed by atoms with van der Waals surface area (Å²) in [6.45, 7) is 1.68. The molecule has 8 heteroatoms. The molecule has 146 valence electrons. The van der Waals surface area contributed by atoms with Crippen molar-refractivity contribution in [1.29, 1.82) is 0 Å². The number of rotatable bonds is 7. The second-order valence-electron chi connectivity index (χ2n) is 6.95. The number of hydrogen-bond acceptors (Lipinski definition) is 5. The lowest BCUT2D eigenvalue weighted by molar-refractivity contribution is -0.133. The van der Waals surface area contributed by atoms with Crippen molar-refractivity contribution in [2.24, 2.45) is 5.92 Å². The smallest absolute Gasteiger partial charge is 0.223 e. The van der Waals surface area contributed by atoms with Gasteiger partial charge in [-0.05, 0) is 18.8 Å². The third kappa shape index (κ3) is 5.90. The second kappa shape index (κ2) is 8.67. The van der Waals surface area contributed by atoms with E-state index in [1.54, 1.807) is 6.20 Å². The topological polar surface area (TPSA) is 92.5 Å². The monoisotopic (exact) mass is 391 g/mol. The number of likely N-dealkylation sites (tertiary alicyclic amines) is 1. The molecule has 0 spiro atoms. The predicted molar refractivity (Wildman–Crippen MR) is 102 cm³/mol. The Morgan fingerprint density at radius 1 is 1.33 bits per heavy atom. The van der Waals surface area contributed by atoms with Gasteiger partial charge in [-0.15, -0.1) is 0 Å². The Morgan fingerprint density at radius 3 is 2.85 bits per heavy atom. The average Bonchev–Trinajstić information content (AvgIpc) is 3.14. The number of aromatic nitrogens is 1. The Hall–Kier alpha value is -2.19. The summed E-state index contributed by atoms with van der Waals surface area (Å²) in [5.74, 6) is 1.46.